The van der Waals surface area contributed by atoms with E-state index in [1.165, 1.54) is 0 Å². The molecule has 1 unspecified atom stereocenters. The summed E-state index contributed by atoms with van der Waals surface area (Å²) in [4.78, 5) is 12.2. The van der Waals surface area contributed by atoms with Crippen molar-refractivity contribution in [2.45, 2.75) is 25.9 Å². The Morgan fingerprint density at radius 1 is 1.40 bits per heavy atom. The molecule has 4 nitrogen and oxygen atoms in total. The lowest BCUT2D eigenvalue weighted by atomic mass is 10.0. The Labute approximate surface area is 126 Å². The van der Waals surface area contributed by atoms with E-state index in [1.54, 1.807) is 36.0 Å². The number of ketones is 1. The van der Waals surface area contributed by atoms with Crippen molar-refractivity contribution in [3.05, 3.63) is 51.8 Å². The summed E-state index contributed by atoms with van der Waals surface area (Å²) in [5.74, 6) is -0.234. The number of Topliss-reactive ketones (excluding diaryl/α,β-unsaturated/α-hetero) is 1. The summed E-state index contributed by atoms with van der Waals surface area (Å²) >= 11 is 3.48. The summed E-state index contributed by atoms with van der Waals surface area (Å²) < 4.78 is 2.55. The highest BCUT2D eigenvalue weighted by Crippen LogP contribution is 2.24. The van der Waals surface area contributed by atoms with Crippen molar-refractivity contribution in [3.63, 3.8) is 0 Å². The molecule has 2 rings (SSSR count). The Hall–Kier alpha value is -1.46. The van der Waals surface area contributed by atoms with Crippen LogP contribution in [0.2, 0.25) is 0 Å². The first-order valence-electron chi connectivity index (χ1n) is 6.50. The quantitative estimate of drug-likeness (QED) is 0.912. The molecular formula is C15H17BrN2O2. The summed E-state index contributed by atoms with van der Waals surface area (Å²) in [7, 11) is 1.81. The van der Waals surface area contributed by atoms with Crippen LogP contribution in [0.25, 0.3) is 0 Å². The maximum atomic E-state index is 12.2. The van der Waals surface area contributed by atoms with Gasteiger partial charge in [-0.1, -0.05) is 37.3 Å². The van der Waals surface area contributed by atoms with Gasteiger partial charge in [-0.3, -0.25) is 9.48 Å². The van der Waals surface area contributed by atoms with Gasteiger partial charge in [0.25, 0.3) is 0 Å². The van der Waals surface area contributed by atoms with Gasteiger partial charge in [0.15, 0.2) is 5.78 Å². The second-order valence-corrected chi connectivity index (χ2v) is 5.43. The van der Waals surface area contributed by atoms with E-state index in [9.17, 15) is 9.90 Å². The van der Waals surface area contributed by atoms with Gasteiger partial charge in [0.05, 0.1) is 22.3 Å². The third-order valence-electron chi connectivity index (χ3n) is 3.26. The molecule has 0 fully saturated rings. The predicted molar refractivity (Wildman–Crippen MR) is 80.4 cm³/mol. The van der Waals surface area contributed by atoms with Gasteiger partial charge in [-0.25, -0.2) is 0 Å². The van der Waals surface area contributed by atoms with Crippen LogP contribution in [0.15, 0.2) is 34.8 Å². The number of aromatic nitrogens is 2. The van der Waals surface area contributed by atoms with E-state index in [0.29, 0.717) is 5.56 Å². The third-order valence-corrected chi connectivity index (χ3v) is 4.18. The van der Waals surface area contributed by atoms with Crippen LogP contribution in [0, 0.1) is 0 Å². The highest BCUT2D eigenvalue weighted by molar-refractivity contribution is 9.10. The van der Waals surface area contributed by atoms with Crippen LogP contribution in [0.1, 0.15) is 30.0 Å². The molecule has 0 aliphatic heterocycles. The number of hydrogen-bond acceptors (Lipinski definition) is 3. The Morgan fingerprint density at radius 2 is 2.05 bits per heavy atom. The number of halogens is 1. The lowest BCUT2D eigenvalue weighted by molar-refractivity contribution is -0.126. The molecule has 0 saturated carbocycles. The average molecular weight is 337 g/mol. The van der Waals surface area contributed by atoms with E-state index in [0.717, 1.165) is 22.3 Å². The average Bonchev–Trinajstić information content (AvgIpc) is 2.74. The van der Waals surface area contributed by atoms with Crippen LogP contribution in [0.5, 0.6) is 0 Å². The van der Waals surface area contributed by atoms with E-state index >= 15 is 0 Å². The fraction of sp³-hybridized carbons (Fsp3) is 0.333. The highest BCUT2D eigenvalue weighted by Gasteiger charge is 2.21. The van der Waals surface area contributed by atoms with Crippen molar-refractivity contribution in [2.75, 3.05) is 0 Å². The Kier molecular flexibility index (Phi) is 4.73. The fourth-order valence-electron chi connectivity index (χ4n) is 2.09. The van der Waals surface area contributed by atoms with Crippen LogP contribution >= 0.6 is 15.9 Å². The minimum Gasteiger partial charge on any atom is -0.381 e. The number of aliphatic hydroxyl groups is 1. The first-order valence-corrected chi connectivity index (χ1v) is 7.29. The number of aliphatic hydroxyl groups excluding tert-OH is 1. The zero-order chi connectivity index (χ0) is 14.7. The van der Waals surface area contributed by atoms with Crippen LogP contribution in [0.4, 0.5) is 0 Å². The molecule has 2 aromatic rings. The molecule has 5 heteroatoms. The van der Waals surface area contributed by atoms with Crippen molar-refractivity contribution in [1.29, 1.82) is 0 Å². The van der Waals surface area contributed by atoms with Gasteiger partial charge in [-0.2, -0.15) is 5.10 Å². The number of carbonyl (C=O) groups is 1. The van der Waals surface area contributed by atoms with Crippen molar-refractivity contribution in [3.8, 4) is 0 Å². The molecule has 0 aliphatic rings. The molecule has 0 saturated heterocycles. The molecule has 1 heterocycles. The van der Waals surface area contributed by atoms with E-state index in [4.69, 9.17) is 0 Å². The predicted octanol–water partition coefficient (Wildman–Crippen LogP) is 2.59. The smallest absolute Gasteiger partial charge is 0.171 e. The molecule has 20 heavy (non-hydrogen) atoms. The summed E-state index contributed by atoms with van der Waals surface area (Å²) in [5, 5.41) is 14.5. The molecule has 0 bridgehead atoms. The number of aryl methyl sites for hydroxylation is 2. The van der Waals surface area contributed by atoms with Crippen molar-refractivity contribution >= 4 is 21.7 Å². The number of rotatable bonds is 5. The van der Waals surface area contributed by atoms with Crippen molar-refractivity contribution in [2.24, 2.45) is 7.05 Å². The highest BCUT2D eigenvalue weighted by atomic mass is 79.9. The minimum absolute atomic E-state index is 0.153. The van der Waals surface area contributed by atoms with Crippen LogP contribution in [-0.4, -0.2) is 20.7 Å². The standard InChI is InChI=1S/C15H17BrN2O2/c1-3-11-14(16)12(18(2)17-11)9-13(19)15(20)10-7-5-4-6-8-10/h4-8,15,20H,3,9H2,1-2H3. The van der Waals surface area contributed by atoms with Gasteiger partial charge < -0.3 is 5.11 Å². The maximum Gasteiger partial charge on any atom is 0.171 e. The molecule has 1 aromatic carbocycles. The Balaban J connectivity index is 2.18. The van der Waals surface area contributed by atoms with Crippen LogP contribution in [-0.2, 0) is 24.7 Å². The fourth-order valence-corrected chi connectivity index (χ4v) is 2.85. The zero-order valence-electron chi connectivity index (χ0n) is 11.5. The SMILES string of the molecule is CCc1nn(C)c(CC(=O)C(O)c2ccccc2)c1Br. The normalized spacial score (nSPS) is 12.4. The lowest BCUT2D eigenvalue weighted by Gasteiger charge is -2.10. The number of nitrogens with zero attached hydrogens (tertiary/aromatic N) is 2. The van der Waals surface area contributed by atoms with E-state index in [2.05, 4.69) is 21.0 Å². The molecule has 1 atom stereocenters. The summed E-state index contributed by atoms with van der Waals surface area (Å²) in [5.41, 5.74) is 2.33. The Bertz CT molecular complexity index is 608. The summed E-state index contributed by atoms with van der Waals surface area (Å²) in [6.07, 6.45) is -0.146. The molecule has 0 amide bonds. The number of hydrogen-bond donors (Lipinski definition) is 1. The van der Waals surface area contributed by atoms with Gasteiger partial charge in [0.2, 0.25) is 0 Å². The van der Waals surface area contributed by atoms with Gasteiger partial charge in [0, 0.05) is 7.05 Å². The first kappa shape index (κ1) is 14.9. The second kappa shape index (κ2) is 6.33. The van der Waals surface area contributed by atoms with Crippen LogP contribution in [0.3, 0.4) is 0 Å². The summed E-state index contributed by atoms with van der Waals surface area (Å²) in [6, 6.07) is 8.96. The van der Waals surface area contributed by atoms with Gasteiger partial charge in [0.1, 0.15) is 6.10 Å². The minimum atomic E-state index is -1.09. The Morgan fingerprint density at radius 3 is 2.60 bits per heavy atom. The van der Waals surface area contributed by atoms with Gasteiger partial charge in [-0.15, -0.1) is 0 Å². The molecule has 0 radical (unpaired) electrons. The largest absolute Gasteiger partial charge is 0.381 e. The summed E-state index contributed by atoms with van der Waals surface area (Å²) in [6.45, 7) is 2.01. The van der Waals surface area contributed by atoms with E-state index in [-0.39, 0.29) is 12.2 Å². The molecule has 1 aromatic heterocycles. The van der Waals surface area contributed by atoms with Crippen molar-refractivity contribution < 1.29 is 9.90 Å². The maximum absolute atomic E-state index is 12.2. The zero-order valence-corrected chi connectivity index (χ0v) is 13.1. The third kappa shape index (κ3) is 2.99. The van der Waals surface area contributed by atoms with Crippen LogP contribution < -0.4 is 0 Å². The van der Waals surface area contributed by atoms with E-state index < -0.39 is 6.10 Å². The second-order valence-electron chi connectivity index (χ2n) is 4.64. The molecule has 1 N–H and O–H groups in total. The topological polar surface area (TPSA) is 55.1 Å². The van der Waals surface area contributed by atoms with Gasteiger partial charge >= 0.3 is 0 Å². The monoisotopic (exact) mass is 336 g/mol. The number of carbonyl (C=O) groups excluding carboxylic acids is 1. The first-order chi connectivity index (χ1) is 9.54. The molecular weight excluding hydrogens is 320 g/mol. The molecule has 0 aliphatic carbocycles. The molecule has 106 valence electrons. The van der Waals surface area contributed by atoms with E-state index in [1.807, 2.05) is 13.0 Å². The van der Waals surface area contributed by atoms with Crippen molar-refractivity contribution in [1.82, 2.24) is 9.78 Å². The number of benzene rings is 1. The lowest BCUT2D eigenvalue weighted by Crippen LogP contribution is -2.16. The molecule has 0 spiro atoms. The van der Waals surface area contributed by atoms with Gasteiger partial charge in [-0.05, 0) is 27.9 Å².